The lowest BCUT2D eigenvalue weighted by atomic mass is 10.1. The van der Waals surface area contributed by atoms with Crippen LogP contribution in [0.3, 0.4) is 0 Å². The van der Waals surface area contributed by atoms with Crippen LogP contribution in [0, 0.1) is 0 Å². The summed E-state index contributed by atoms with van der Waals surface area (Å²) < 4.78 is 0. The van der Waals surface area contributed by atoms with Crippen molar-refractivity contribution in [3.05, 3.63) is 0 Å². The molecule has 3 nitrogen and oxygen atoms in total. The maximum atomic E-state index is 9.41. The van der Waals surface area contributed by atoms with E-state index in [4.69, 9.17) is 5.11 Å². The molecule has 0 aromatic heterocycles. The molecule has 0 spiro atoms. The van der Waals surface area contributed by atoms with Crippen LogP contribution in [-0.4, -0.2) is 22.2 Å². The highest BCUT2D eigenvalue weighted by atomic mass is 16.3. The van der Waals surface area contributed by atoms with Crippen molar-refractivity contribution >= 4 is 0 Å². The molecule has 0 fully saturated rings. The summed E-state index contributed by atoms with van der Waals surface area (Å²) in [5.74, 6) is 0. The van der Waals surface area contributed by atoms with Crippen molar-refractivity contribution in [3.63, 3.8) is 0 Å². The summed E-state index contributed by atoms with van der Waals surface area (Å²) in [4.78, 5) is 0. The van der Waals surface area contributed by atoms with Crippen LogP contribution in [0.5, 0.6) is 0 Å². The lowest BCUT2D eigenvalue weighted by molar-refractivity contribution is -0.0332. The van der Waals surface area contributed by atoms with E-state index in [0.29, 0.717) is 6.42 Å². The van der Waals surface area contributed by atoms with Gasteiger partial charge in [0.15, 0.2) is 0 Å². The molecular formula is C7H17NO2. The molecule has 10 heavy (non-hydrogen) atoms. The third kappa shape index (κ3) is 4.73. The van der Waals surface area contributed by atoms with Gasteiger partial charge in [-0.25, -0.2) is 0 Å². The average Bonchev–Trinajstić information content (AvgIpc) is 1.59. The monoisotopic (exact) mass is 147 g/mol. The first-order valence-corrected chi connectivity index (χ1v) is 3.66. The average molecular weight is 147 g/mol. The molecule has 0 aliphatic carbocycles. The highest BCUT2D eigenvalue weighted by Crippen LogP contribution is 2.07. The number of aliphatic hydroxyl groups is 2. The largest absolute Gasteiger partial charge is 0.379 e. The zero-order valence-electron chi connectivity index (χ0n) is 6.89. The van der Waals surface area contributed by atoms with Gasteiger partial charge in [-0.2, -0.15) is 0 Å². The van der Waals surface area contributed by atoms with Crippen LogP contribution in [0.15, 0.2) is 0 Å². The fourth-order valence-corrected chi connectivity index (χ4v) is 1.01. The van der Waals surface area contributed by atoms with Crippen LogP contribution < -0.4 is 5.32 Å². The summed E-state index contributed by atoms with van der Waals surface area (Å²) in [6.45, 7) is 5.23. The Hall–Kier alpha value is -0.120. The summed E-state index contributed by atoms with van der Waals surface area (Å²) in [5, 5.41) is 20.9. The zero-order chi connectivity index (χ0) is 8.20. The smallest absolute Gasteiger partial charge is 0.115 e. The predicted octanol–water partition coefficient (Wildman–Crippen LogP) is 0.423. The molecule has 0 aliphatic heterocycles. The molecule has 3 heteroatoms. The van der Waals surface area contributed by atoms with Gasteiger partial charge in [-0.15, -0.1) is 0 Å². The molecule has 0 aromatic rings. The van der Waals surface area contributed by atoms with E-state index >= 15 is 0 Å². The van der Waals surface area contributed by atoms with Gasteiger partial charge in [0.1, 0.15) is 12.0 Å². The second kappa shape index (κ2) is 3.91. The van der Waals surface area contributed by atoms with Crippen LogP contribution in [0.4, 0.5) is 0 Å². The highest BCUT2D eigenvalue weighted by Gasteiger charge is 2.19. The van der Waals surface area contributed by atoms with Crippen molar-refractivity contribution in [2.24, 2.45) is 0 Å². The normalized spacial score (nSPS) is 20.1. The SMILES string of the molecule is CCCC(C)(O)NC(C)O. The summed E-state index contributed by atoms with van der Waals surface area (Å²) in [6.07, 6.45) is 0.895. The third-order valence-corrected chi connectivity index (χ3v) is 1.26. The van der Waals surface area contributed by atoms with Gasteiger partial charge < -0.3 is 10.2 Å². The quantitative estimate of drug-likeness (QED) is 0.505. The predicted molar refractivity (Wildman–Crippen MR) is 40.3 cm³/mol. The van der Waals surface area contributed by atoms with Gasteiger partial charge in [0.2, 0.25) is 0 Å². The van der Waals surface area contributed by atoms with Crippen LogP contribution in [0.25, 0.3) is 0 Å². The van der Waals surface area contributed by atoms with Crippen molar-refractivity contribution < 1.29 is 10.2 Å². The Morgan fingerprint density at radius 2 is 2.10 bits per heavy atom. The first-order valence-electron chi connectivity index (χ1n) is 3.66. The first kappa shape index (κ1) is 9.88. The Kier molecular flexibility index (Phi) is 3.86. The number of hydrogen-bond acceptors (Lipinski definition) is 3. The topological polar surface area (TPSA) is 52.5 Å². The summed E-state index contributed by atoms with van der Waals surface area (Å²) in [7, 11) is 0. The molecular weight excluding hydrogens is 130 g/mol. The van der Waals surface area contributed by atoms with E-state index in [1.807, 2.05) is 6.92 Å². The standard InChI is InChI=1S/C7H17NO2/c1-4-5-7(3,10)8-6(2)9/h6,8-10H,4-5H2,1-3H3. The van der Waals surface area contributed by atoms with Gasteiger partial charge in [-0.1, -0.05) is 13.3 Å². The fraction of sp³-hybridized carbons (Fsp3) is 1.00. The number of nitrogens with one attached hydrogen (secondary N) is 1. The molecule has 2 unspecified atom stereocenters. The van der Waals surface area contributed by atoms with E-state index in [9.17, 15) is 5.11 Å². The molecule has 0 rings (SSSR count). The van der Waals surface area contributed by atoms with Gasteiger partial charge in [-0.05, 0) is 20.3 Å². The van der Waals surface area contributed by atoms with E-state index in [1.54, 1.807) is 13.8 Å². The molecule has 0 saturated carbocycles. The Bertz CT molecular complexity index is 91.6. The minimum atomic E-state index is -0.928. The summed E-state index contributed by atoms with van der Waals surface area (Å²) in [5.41, 5.74) is -0.928. The van der Waals surface area contributed by atoms with Crippen LogP contribution in [-0.2, 0) is 0 Å². The van der Waals surface area contributed by atoms with Crippen molar-refractivity contribution in [2.75, 3.05) is 0 Å². The fourth-order valence-electron chi connectivity index (χ4n) is 1.01. The maximum Gasteiger partial charge on any atom is 0.115 e. The molecule has 2 atom stereocenters. The van der Waals surface area contributed by atoms with Gasteiger partial charge in [0.25, 0.3) is 0 Å². The van der Waals surface area contributed by atoms with E-state index in [-0.39, 0.29) is 0 Å². The Morgan fingerprint density at radius 1 is 1.60 bits per heavy atom. The zero-order valence-corrected chi connectivity index (χ0v) is 6.89. The van der Waals surface area contributed by atoms with Crippen molar-refractivity contribution in [3.8, 4) is 0 Å². The number of aliphatic hydroxyl groups excluding tert-OH is 1. The van der Waals surface area contributed by atoms with Gasteiger partial charge in [0.05, 0.1) is 0 Å². The van der Waals surface area contributed by atoms with Gasteiger partial charge in [-0.3, -0.25) is 5.32 Å². The van der Waals surface area contributed by atoms with E-state index in [1.165, 1.54) is 0 Å². The molecule has 0 aromatic carbocycles. The van der Waals surface area contributed by atoms with Gasteiger partial charge in [0, 0.05) is 0 Å². The van der Waals surface area contributed by atoms with Crippen LogP contribution >= 0.6 is 0 Å². The molecule has 62 valence electrons. The molecule has 0 aliphatic rings. The second-order valence-electron chi connectivity index (χ2n) is 2.84. The van der Waals surface area contributed by atoms with Crippen molar-refractivity contribution in [1.82, 2.24) is 5.32 Å². The van der Waals surface area contributed by atoms with Crippen LogP contribution in [0.1, 0.15) is 33.6 Å². The lowest BCUT2D eigenvalue weighted by Crippen LogP contribution is -2.46. The van der Waals surface area contributed by atoms with Crippen molar-refractivity contribution in [2.45, 2.75) is 45.6 Å². The van der Waals surface area contributed by atoms with Gasteiger partial charge >= 0.3 is 0 Å². The summed E-state index contributed by atoms with van der Waals surface area (Å²) >= 11 is 0. The Balaban J connectivity index is 3.63. The third-order valence-electron chi connectivity index (χ3n) is 1.26. The second-order valence-corrected chi connectivity index (χ2v) is 2.84. The number of rotatable bonds is 4. The van der Waals surface area contributed by atoms with Crippen molar-refractivity contribution in [1.29, 1.82) is 0 Å². The molecule has 0 heterocycles. The maximum absolute atomic E-state index is 9.41. The summed E-state index contributed by atoms with van der Waals surface area (Å²) in [6, 6.07) is 0. The molecule has 3 N–H and O–H groups in total. The molecule has 0 bridgehead atoms. The van der Waals surface area contributed by atoms with E-state index < -0.39 is 12.0 Å². The minimum Gasteiger partial charge on any atom is -0.379 e. The first-order chi connectivity index (χ1) is 4.48. The van der Waals surface area contributed by atoms with Crippen LogP contribution in [0.2, 0.25) is 0 Å². The Labute approximate surface area is 62.1 Å². The highest BCUT2D eigenvalue weighted by molar-refractivity contribution is 4.68. The van der Waals surface area contributed by atoms with E-state index in [0.717, 1.165) is 6.42 Å². The Morgan fingerprint density at radius 3 is 2.40 bits per heavy atom. The number of hydrogen-bond donors (Lipinski definition) is 3. The minimum absolute atomic E-state index is 0.651. The molecule has 0 saturated heterocycles. The molecule has 0 radical (unpaired) electrons. The van der Waals surface area contributed by atoms with E-state index in [2.05, 4.69) is 5.32 Å². The lowest BCUT2D eigenvalue weighted by Gasteiger charge is -2.25. The molecule has 0 amide bonds.